The van der Waals surface area contributed by atoms with E-state index >= 15 is 0 Å². The SMILES string of the molecule is CCOc1ccccc1N(CC(=O)N(Cc1ccc(F)cc1)[C@H](CC)C(=O)NC)S(C)(=O)=O. The van der Waals surface area contributed by atoms with Gasteiger partial charge in [-0.2, -0.15) is 0 Å². The van der Waals surface area contributed by atoms with Gasteiger partial charge >= 0.3 is 0 Å². The van der Waals surface area contributed by atoms with Gasteiger partial charge in [-0.1, -0.05) is 31.2 Å². The molecule has 2 aromatic rings. The molecule has 0 aromatic heterocycles. The number of benzene rings is 2. The topological polar surface area (TPSA) is 96.0 Å². The Kier molecular flexibility index (Phi) is 9.22. The molecule has 180 valence electrons. The van der Waals surface area contributed by atoms with Crippen LogP contribution < -0.4 is 14.4 Å². The lowest BCUT2D eigenvalue weighted by Crippen LogP contribution is -2.51. The number of nitrogens with one attached hydrogen (secondary N) is 1. The largest absolute Gasteiger partial charge is 0.492 e. The summed E-state index contributed by atoms with van der Waals surface area (Å²) in [4.78, 5) is 27.3. The number of hydrogen-bond donors (Lipinski definition) is 1. The highest BCUT2D eigenvalue weighted by Gasteiger charge is 2.32. The molecule has 0 fully saturated rings. The number of carbonyl (C=O) groups is 2. The number of likely N-dealkylation sites (N-methyl/N-ethyl adjacent to an activating group) is 1. The monoisotopic (exact) mass is 479 g/mol. The van der Waals surface area contributed by atoms with E-state index in [4.69, 9.17) is 4.74 Å². The zero-order valence-corrected chi connectivity index (χ0v) is 20.1. The summed E-state index contributed by atoms with van der Waals surface area (Å²) in [5, 5.41) is 2.54. The number of amides is 2. The van der Waals surface area contributed by atoms with Crippen molar-refractivity contribution in [3.63, 3.8) is 0 Å². The molecule has 0 heterocycles. The van der Waals surface area contributed by atoms with Gasteiger partial charge in [0.2, 0.25) is 21.8 Å². The van der Waals surface area contributed by atoms with E-state index in [2.05, 4.69) is 5.32 Å². The Morgan fingerprint density at radius 1 is 1.09 bits per heavy atom. The highest BCUT2D eigenvalue weighted by atomic mass is 32.2. The average Bonchev–Trinajstić information content (AvgIpc) is 2.78. The summed E-state index contributed by atoms with van der Waals surface area (Å²) in [6.07, 6.45) is 1.31. The molecule has 0 aliphatic carbocycles. The molecule has 33 heavy (non-hydrogen) atoms. The second-order valence-electron chi connectivity index (χ2n) is 7.36. The van der Waals surface area contributed by atoms with Crippen molar-refractivity contribution in [2.75, 3.05) is 30.8 Å². The number of anilines is 1. The van der Waals surface area contributed by atoms with Crippen molar-refractivity contribution in [2.45, 2.75) is 32.9 Å². The van der Waals surface area contributed by atoms with Gasteiger partial charge < -0.3 is 15.0 Å². The van der Waals surface area contributed by atoms with Gasteiger partial charge in [0.15, 0.2) is 0 Å². The third-order valence-corrected chi connectivity index (χ3v) is 6.14. The summed E-state index contributed by atoms with van der Waals surface area (Å²) in [5.41, 5.74) is 0.831. The summed E-state index contributed by atoms with van der Waals surface area (Å²) in [6.45, 7) is 3.32. The summed E-state index contributed by atoms with van der Waals surface area (Å²) in [5.74, 6) is -1.06. The number of para-hydroxylation sites is 2. The van der Waals surface area contributed by atoms with Crippen molar-refractivity contribution in [1.82, 2.24) is 10.2 Å². The lowest BCUT2D eigenvalue weighted by molar-refractivity contribution is -0.140. The normalized spacial score (nSPS) is 12.0. The minimum absolute atomic E-state index is 0.00967. The van der Waals surface area contributed by atoms with Crippen LogP contribution in [0.2, 0.25) is 0 Å². The molecule has 0 aliphatic heterocycles. The van der Waals surface area contributed by atoms with Crippen LogP contribution >= 0.6 is 0 Å². The molecule has 0 saturated carbocycles. The number of rotatable bonds is 11. The van der Waals surface area contributed by atoms with E-state index in [0.717, 1.165) is 10.6 Å². The van der Waals surface area contributed by atoms with Crippen molar-refractivity contribution in [3.05, 3.63) is 59.9 Å². The van der Waals surface area contributed by atoms with Gasteiger partial charge in [-0.05, 0) is 43.2 Å². The van der Waals surface area contributed by atoms with Gasteiger partial charge in [0.25, 0.3) is 0 Å². The van der Waals surface area contributed by atoms with Crippen molar-refractivity contribution >= 4 is 27.5 Å². The Morgan fingerprint density at radius 2 is 1.73 bits per heavy atom. The summed E-state index contributed by atoms with van der Waals surface area (Å²) >= 11 is 0. The van der Waals surface area contributed by atoms with E-state index in [1.807, 2.05) is 0 Å². The molecule has 1 N–H and O–H groups in total. The Balaban J connectivity index is 2.46. The van der Waals surface area contributed by atoms with Crippen LogP contribution in [-0.2, 0) is 26.2 Å². The number of halogens is 1. The Bertz CT molecular complexity index is 1060. The lowest BCUT2D eigenvalue weighted by atomic mass is 10.1. The van der Waals surface area contributed by atoms with Crippen LogP contribution in [0.25, 0.3) is 0 Å². The molecule has 10 heteroatoms. The molecular formula is C23H30FN3O5S. The maximum Gasteiger partial charge on any atom is 0.244 e. The maximum absolute atomic E-state index is 13.5. The van der Waals surface area contributed by atoms with E-state index in [1.165, 1.54) is 36.2 Å². The molecule has 2 aromatic carbocycles. The molecular weight excluding hydrogens is 449 g/mol. The first-order valence-corrected chi connectivity index (χ1v) is 12.4. The number of nitrogens with zero attached hydrogens (tertiary/aromatic N) is 2. The molecule has 0 bridgehead atoms. The predicted octanol–water partition coefficient (Wildman–Crippen LogP) is 2.54. The first-order chi connectivity index (χ1) is 15.6. The van der Waals surface area contributed by atoms with E-state index in [0.29, 0.717) is 24.3 Å². The molecule has 0 spiro atoms. The van der Waals surface area contributed by atoms with Crippen LogP contribution in [0.4, 0.5) is 10.1 Å². The van der Waals surface area contributed by atoms with E-state index < -0.39 is 34.3 Å². The highest BCUT2D eigenvalue weighted by molar-refractivity contribution is 7.92. The van der Waals surface area contributed by atoms with Crippen LogP contribution in [-0.4, -0.2) is 57.6 Å². The van der Waals surface area contributed by atoms with Crippen molar-refractivity contribution < 1.29 is 27.1 Å². The second kappa shape index (κ2) is 11.6. The van der Waals surface area contributed by atoms with E-state index in [9.17, 15) is 22.4 Å². The van der Waals surface area contributed by atoms with Crippen LogP contribution in [0.3, 0.4) is 0 Å². The van der Waals surface area contributed by atoms with Gasteiger partial charge in [0.1, 0.15) is 24.2 Å². The molecule has 0 saturated heterocycles. The van der Waals surface area contributed by atoms with Gasteiger partial charge in [-0.3, -0.25) is 13.9 Å². The number of sulfonamides is 1. The number of carbonyl (C=O) groups excluding carboxylic acids is 2. The molecule has 0 unspecified atom stereocenters. The molecule has 8 nitrogen and oxygen atoms in total. The number of hydrogen-bond acceptors (Lipinski definition) is 5. The van der Waals surface area contributed by atoms with Gasteiger partial charge in [-0.15, -0.1) is 0 Å². The van der Waals surface area contributed by atoms with Crippen LogP contribution in [0.5, 0.6) is 5.75 Å². The van der Waals surface area contributed by atoms with Crippen molar-refractivity contribution in [2.24, 2.45) is 0 Å². The standard InChI is InChI=1S/C23H30FN3O5S/c1-5-19(23(29)25-3)26(15-17-11-13-18(24)14-12-17)22(28)16-27(33(4,30)31)20-9-7-8-10-21(20)32-6-2/h7-14,19H,5-6,15-16H2,1-4H3,(H,25,29)/t19-/m1/s1. The minimum Gasteiger partial charge on any atom is -0.492 e. The zero-order valence-electron chi connectivity index (χ0n) is 19.2. The maximum atomic E-state index is 13.5. The van der Waals surface area contributed by atoms with E-state index in [-0.39, 0.29) is 18.1 Å². The van der Waals surface area contributed by atoms with Gasteiger partial charge in [0.05, 0.1) is 18.6 Å². The van der Waals surface area contributed by atoms with Crippen LogP contribution in [0.1, 0.15) is 25.8 Å². The first kappa shape index (κ1) is 26.1. The third-order valence-electron chi connectivity index (χ3n) is 5.01. The van der Waals surface area contributed by atoms with Gasteiger partial charge in [-0.25, -0.2) is 12.8 Å². The molecule has 0 radical (unpaired) electrons. The number of ether oxygens (including phenoxy) is 1. The molecule has 2 amide bonds. The summed E-state index contributed by atoms with van der Waals surface area (Å²) < 4.78 is 45.2. The molecule has 2 rings (SSSR count). The second-order valence-corrected chi connectivity index (χ2v) is 9.26. The predicted molar refractivity (Wildman–Crippen MR) is 125 cm³/mol. The summed E-state index contributed by atoms with van der Waals surface area (Å²) in [6, 6.07) is 11.3. The fraction of sp³-hybridized carbons (Fsp3) is 0.391. The zero-order chi connectivity index (χ0) is 24.6. The lowest BCUT2D eigenvalue weighted by Gasteiger charge is -2.32. The Labute approximate surface area is 194 Å². The fourth-order valence-corrected chi connectivity index (χ4v) is 4.26. The quantitative estimate of drug-likeness (QED) is 0.534. The smallest absolute Gasteiger partial charge is 0.244 e. The van der Waals surface area contributed by atoms with E-state index in [1.54, 1.807) is 38.1 Å². The Morgan fingerprint density at radius 3 is 2.27 bits per heavy atom. The highest BCUT2D eigenvalue weighted by Crippen LogP contribution is 2.30. The fourth-order valence-electron chi connectivity index (χ4n) is 3.41. The summed E-state index contributed by atoms with van der Waals surface area (Å²) in [7, 11) is -2.40. The van der Waals surface area contributed by atoms with Crippen LogP contribution in [0, 0.1) is 5.82 Å². The Hall–Kier alpha value is -3.14. The third kappa shape index (κ3) is 6.92. The molecule has 0 aliphatic rings. The first-order valence-electron chi connectivity index (χ1n) is 10.6. The minimum atomic E-state index is -3.87. The van der Waals surface area contributed by atoms with Crippen LogP contribution in [0.15, 0.2) is 48.5 Å². The average molecular weight is 480 g/mol. The van der Waals surface area contributed by atoms with Gasteiger partial charge in [0, 0.05) is 13.6 Å². The van der Waals surface area contributed by atoms with Crippen molar-refractivity contribution in [1.29, 1.82) is 0 Å². The molecule has 1 atom stereocenters. The van der Waals surface area contributed by atoms with Crippen molar-refractivity contribution in [3.8, 4) is 5.75 Å².